The van der Waals surface area contributed by atoms with Gasteiger partial charge < -0.3 is 34.6 Å². The number of benzene rings is 2. The molecule has 174 valence electrons. The van der Waals surface area contributed by atoms with Crippen LogP contribution >= 0.6 is 11.6 Å². The molecular formula is C24H29ClO7. The van der Waals surface area contributed by atoms with Gasteiger partial charge in [0.25, 0.3) is 0 Å². The van der Waals surface area contributed by atoms with Crippen molar-refractivity contribution in [2.75, 3.05) is 19.8 Å². The van der Waals surface area contributed by atoms with Crippen LogP contribution in [0.1, 0.15) is 35.6 Å². The summed E-state index contributed by atoms with van der Waals surface area (Å²) < 4.78 is 17.1. The standard InChI is InChI=1S/C24H29ClO7/c25-19-6-3-15(24-23(29)22(28)21(27)20(13-26)32-24)12-16(19)11-14-1-4-17(5-2-14)31-18-7-9-30-10-8-18/h1-6,12,18,20-24,26-29H,7-11,13H2. The Morgan fingerprint density at radius 1 is 0.938 bits per heavy atom. The van der Waals surface area contributed by atoms with E-state index in [0.717, 1.165) is 42.9 Å². The third-order valence-electron chi connectivity index (χ3n) is 6.08. The Kier molecular flexibility index (Phi) is 7.68. The van der Waals surface area contributed by atoms with Crippen LogP contribution in [0.15, 0.2) is 42.5 Å². The van der Waals surface area contributed by atoms with Crippen LogP contribution < -0.4 is 4.74 Å². The summed E-state index contributed by atoms with van der Waals surface area (Å²) in [5.41, 5.74) is 2.48. The first kappa shape index (κ1) is 23.4. The van der Waals surface area contributed by atoms with Crippen molar-refractivity contribution in [3.8, 4) is 5.75 Å². The maximum absolute atomic E-state index is 10.4. The zero-order chi connectivity index (χ0) is 22.7. The monoisotopic (exact) mass is 464 g/mol. The first-order chi connectivity index (χ1) is 15.5. The highest BCUT2D eigenvalue weighted by Crippen LogP contribution is 2.34. The van der Waals surface area contributed by atoms with Gasteiger partial charge in [0.1, 0.15) is 42.4 Å². The second-order valence-electron chi connectivity index (χ2n) is 8.35. The summed E-state index contributed by atoms with van der Waals surface area (Å²) in [6.07, 6.45) is -3.47. The first-order valence-corrected chi connectivity index (χ1v) is 11.3. The summed E-state index contributed by atoms with van der Waals surface area (Å²) in [5.74, 6) is 0.821. The molecule has 8 heteroatoms. The van der Waals surface area contributed by atoms with Crippen LogP contribution in [-0.4, -0.2) is 70.8 Å². The summed E-state index contributed by atoms with van der Waals surface area (Å²) >= 11 is 6.42. The largest absolute Gasteiger partial charge is 0.490 e. The summed E-state index contributed by atoms with van der Waals surface area (Å²) in [6, 6.07) is 13.1. The van der Waals surface area contributed by atoms with E-state index in [4.69, 9.17) is 25.8 Å². The summed E-state index contributed by atoms with van der Waals surface area (Å²) in [4.78, 5) is 0. The third-order valence-corrected chi connectivity index (χ3v) is 6.45. The SMILES string of the molecule is OCC1OC(c2ccc(Cl)c(Cc3ccc(OC4CCOCC4)cc3)c2)C(O)C(O)C1O. The van der Waals surface area contributed by atoms with E-state index >= 15 is 0 Å². The van der Waals surface area contributed by atoms with E-state index in [1.54, 1.807) is 12.1 Å². The molecule has 5 unspecified atom stereocenters. The fourth-order valence-corrected chi connectivity index (χ4v) is 4.36. The van der Waals surface area contributed by atoms with Gasteiger partial charge in [-0.1, -0.05) is 35.9 Å². The van der Waals surface area contributed by atoms with E-state index in [2.05, 4.69) is 0 Å². The molecule has 2 aliphatic heterocycles. The minimum absolute atomic E-state index is 0.180. The minimum atomic E-state index is -1.42. The van der Waals surface area contributed by atoms with Gasteiger partial charge in [-0.25, -0.2) is 0 Å². The van der Waals surface area contributed by atoms with Gasteiger partial charge in [0.15, 0.2) is 0 Å². The number of hydrogen-bond donors (Lipinski definition) is 4. The van der Waals surface area contributed by atoms with Gasteiger partial charge in [-0.3, -0.25) is 0 Å². The van der Waals surface area contributed by atoms with Gasteiger partial charge in [-0.05, 0) is 41.3 Å². The topological polar surface area (TPSA) is 109 Å². The molecule has 2 fully saturated rings. The second-order valence-corrected chi connectivity index (χ2v) is 8.76. The molecule has 32 heavy (non-hydrogen) atoms. The molecule has 7 nitrogen and oxygen atoms in total. The summed E-state index contributed by atoms with van der Waals surface area (Å²) in [6.45, 7) is 0.988. The summed E-state index contributed by atoms with van der Waals surface area (Å²) in [7, 11) is 0. The molecule has 0 saturated carbocycles. The second kappa shape index (κ2) is 10.5. The molecule has 0 aromatic heterocycles. The van der Waals surface area contributed by atoms with E-state index in [-0.39, 0.29) is 6.10 Å². The van der Waals surface area contributed by atoms with Gasteiger partial charge in [0.05, 0.1) is 19.8 Å². The molecule has 2 heterocycles. The van der Waals surface area contributed by atoms with E-state index in [1.807, 2.05) is 30.3 Å². The molecule has 0 spiro atoms. The Hall–Kier alpha value is -1.71. The third kappa shape index (κ3) is 5.26. The molecule has 0 aliphatic carbocycles. The molecule has 5 atom stereocenters. The lowest BCUT2D eigenvalue weighted by molar-refractivity contribution is -0.231. The quantitative estimate of drug-likeness (QED) is 0.517. The fourth-order valence-electron chi connectivity index (χ4n) is 4.18. The first-order valence-electron chi connectivity index (χ1n) is 10.9. The van der Waals surface area contributed by atoms with E-state index < -0.39 is 37.1 Å². The van der Waals surface area contributed by atoms with Crippen molar-refractivity contribution >= 4 is 11.6 Å². The molecular weight excluding hydrogens is 436 g/mol. The Bertz CT molecular complexity index is 882. The van der Waals surface area contributed by atoms with Crippen molar-refractivity contribution in [3.05, 3.63) is 64.2 Å². The van der Waals surface area contributed by atoms with Crippen molar-refractivity contribution < 1.29 is 34.6 Å². The summed E-state index contributed by atoms with van der Waals surface area (Å²) in [5, 5.41) is 40.5. The van der Waals surface area contributed by atoms with Gasteiger partial charge in [-0.2, -0.15) is 0 Å². The van der Waals surface area contributed by atoms with Crippen LogP contribution in [0.3, 0.4) is 0 Å². The Morgan fingerprint density at radius 2 is 1.66 bits per heavy atom. The predicted octanol–water partition coefficient (Wildman–Crippen LogP) is 2.00. The molecule has 4 rings (SSSR count). The molecule has 0 radical (unpaired) electrons. The maximum atomic E-state index is 10.4. The zero-order valence-corrected chi connectivity index (χ0v) is 18.4. The van der Waals surface area contributed by atoms with Crippen LogP contribution in [0.25, 0.3) is 0 Å². The molecule has 0 bridgehead atoms. The molecule has 4 N–H and O–H groups in total. The number of ether oxygens (including phenoxy) is 3. The lowest BCUT2D eigenvalue weighted by Gasteiger charge is -2.40. The van der Waals surface area contributed by atoms with Crippen molar-refractivity contribution in [1.82, 2.24) is 0 Å². The van der Waals surface area contributed by atoms with Crippen molar-refractivity contribution in [1.29, 1.82) is 0 Å². The number of hydrogen-bond acceptors (Lipinski definition) is 7. The van der Waals surface area contributed by atoms with Crippen LogP contribution in [0.4, 0.5) is 0 Å². The number of rotatable bonds is 6. The average molecular weight is 465 g/mol. The van der Waals surface area contributed by atoms with Gasteiger partial charge in [0, 0.05) is 17.9 Å². The van der Waals surface area contributed by atoms with E-state index in [9.17, 15) is 20.4 Å². The van der Waals surface area contributed by atoms with Gasteiger partial charge in [-0.15, -0.1) is 0 Å². The normalized spacial score (nSPS) is 29.1. The highest BCUT2D eigenvalue weighted by atomic mass is 35.5. The van der Waals surface area contributed by atoms with E-state index in [0.29, 0.717) is 17.0 Å². The highest BCUT2D eigenvalue weighted by Gasteiger charge is 2.44. The van der Waals surface area contributed by atoms with Crippen LogP contribution in [0.2, 0.25) is 5.02 Å². The van der Waals surface area contributed by atoms with Crippen molar-refractivity contribution in [2.24, 2.45) is 0 Å². The van der Waals surface area contributed by atoms with Crippen LogP contribution in [0.5, 0.6) is 5.75 Å². The molecule has 2 aromatic rings. The lowest BCUT2D eigenvalue weighted by atomic mass is 9.90. The number of halogens is 1. The molecule has 0 amide bonds. The van der Waals surface area contributed by atoms with Gasteiger partial charge >= 0.3 is 0 Å². The number of aliphatic hydroxyl groups excluding tert-OH is 4. The molecule has 2 aliphatic rings. The van der Waals surface area contributed by atoms with Crippen LogP contribution in [-0.2, 0) is 15.9 Å². The highest BCUT2D eigenvalue weighted by molar-refractivity contribution is 6.31. The maximum Gasteiger partial charge on any atom is 0.119 e. The smallest absolute Gasteiger partial charge is 0.119 e. The van der Waals surface area contributed by atoms with Gasteiger partial charge in [0.2, 0.25) is 0 Å². The van der Waals surface area contributed by atoms with Crippen LogP contribution in [0, 0.1) is 0 Å². The Labute approximate surface area is 192 Å². The minimum Gasteiger partial charge on any atom is -0.490 e. The van der Waals surface area contributed by atoms with Crippen molar-refractivity contribution in [3.63, 3.8) is 0 Å². The van der Waals surface area contributed by atoms with E-state index in [1.165, 1.54) is 0 Å². The zero-order valence-electron chi connectivity index (χ0n) is 17.6. The Balaban J connectivity index is 1.47. The number of aliphatic hydroxyl groups is 4. The average Bonchev–Trinajstić information content (AvgIpc) is 2.81. The lowest BCUT2D eigenvalue weighted by Crippen LogP contribution is -2.55. The molecule has 2 saturated heterocycles. The van der Waals surface area contributed by atoms with Crippen molar-refractivity contribution in [2.45, 2.75) is 55.9 Å². The fraction of sp³-hybridized carbons (Fsp3) is 0.500. The Morgan fingerprint density at radius 3 is 2.34 bits per heavy atom. The predicted molar refractivity (Wildman–Crippen MR) is 118 cm³/mol. The molecule has 2 aromatic carbocycles.